The Hall–Kier alpha value is -0.610. The van der Waals surface area contributed by atoms with Crippen LogP contribution in [0.2, 0.25) is 0 Å². The van der Waals surface area contributed by atoms with Crippen LogP contribution in [0.3, 0.4) is 0 Å². The van der Waals surface area contributed by atoms with Crippen molar-refractivity contribution in [1.29, 1.82) is 0 Å². The van der Waals surface area contributed by atoms with Crippen molar-refractivity contribution in [2.45, 2.75) is 69.9 Å². The summed E-state index contributed by atoms with van der Waals surface area (Å²) in [4.78, 5) is 14.4. The number of likely N-dealkylation sites (tertiary alicyclic amines) is 1. The van der Waals surface area contributed by atoms with Crippen molar-refractivity contribution in [2.75, 3.05) is 19.6 Å². The van der Waals surface area contributed by atoms with Gasteiger partial charge in [-0.05, 0) is 45.7 Å². The third-order valence-corrected chi connectivity index (χ3v) is 4.82. The molecule has 0 bridgehead atoms. The van der Waals surface area contributed by atoms with Crippen molar-refractivity contribution in [2.24, 2.45) is 5.73 Å². The number of hydrogen-bond donors (Lipinski definition) is 2. The van der Waals surface area contributed by atoms with Crippen molar-refractivity contribution in [3.8, 4) is 0 Å². The van der Waals surface area contributed by atoms with Gasteiger partial charge < -0.3 is 11.1 Å². The highest BCUT2D eigenvalue weighted by molar-refractivity contribution is 5.81. The number of nitrogens with two attached hydrogens (primary N) is 1. The summed E-state index contributed by atoms with van der Waals surface area (Å²) >= 11 is 0. The predicted molar refractivity (Wildman–Crippen MR) is 77.9 cm³/mol. The molecule has 1 heterocycles. The first-order valence-corrected chi connectivity index (χ1v) is 7.92. The van der Waals surface area contributed by atoms with E-state index in [1.54, 1.807) is 6.92 Å². The minimum absolute atomic E-state index is 0.0121. The third kappa shape index (κ3) is 3.69. The first-order valence-electron chi connectivity index (χ1n) is 7.92. The van der Waals surface area contributed by atoms with E-state index in [9.17, 15) is 4.79 Å². The molecule has 0 aromatic carbocycles. The quantitative estimate of drug-likeness (QED) is 0.814. The summed E-state index contributed by atoms with van der Waals surface area (Å²) in [6, 6.07) is -0.401. The van der Waals surface area contributed by atoms with Crippen LogP contribution in [0.5, 0.6) is 0 Å². The van der Waals surface area contributed by atoms with E-state index in [-0.39, 0.29) is 11.4 Å². The van der Waals surface area contributed by atoms with Crippen LogP contribution in [0.4, 0.5) is 0 Å². The van der Waals surface area contributed by atoms with Gasteiger partial charge in [-0.15, -0.1) is 0 Å². The normalized spacial score (nSPS) is 25.8. The van der Waals surface area contributed by atoms with Gasteiger partial charge in [0, 0.05) is 12.1 Å². The topological polar surface area (TPSA) is 58.4 Å². The van der Waals surface area contributed by atoms with Gasteiger partial charge in [-0.1, -0.05) is 25.7 Å². The fraction of sp³-hybridized carbons (Fsp3) is 0.933. The molecule has 1 atom stereocenters. The first-order chi connectivity index (χ1) is 9.14. The molecule has 110 valence electrons. The van der Waals surface area contributed by atoms with Crippen LogP contribution in [0, 0.1) is 0 Å². The number of carbonyl (C=O) groups excluding carboxylic acids is 1. The lowest BCUT2D eigenvalue weighted by Gasteiger charge is -2.48. The lowest BCUT2D eigenvalue weighted by Crippen LogP contribution is -2.59. The molecule has 0 unspecified atom stereocenters. The van der Waals surface area contributed by atoms with Crippen molar-refractivity contribution in [1.82, 2.24) is 10.2 Å². The maximum Gasteiger partial charge on any atom is 0.236 e. The van der Waals surface area contributed by atoms with Gasteiger partial charge in [-0.25, -0.2) is 0 Å². The molecule has 3 N–H and O–H groups in total. The van der Waals surface area contributed by atoms with Crippen LogP contribution in [-0.4, -0.2) is 42.0 Å². The van der Waals surface area contributed by atoms with Crippen LogP contribution in [0.25, 0.3) is 0 Å². The molecule has 2 fully saturated rings. The Morgan fingerprint density at radius 3 is 2.32 bits per heavy atom. The third-order valence-electron chi connectivity index (χ3n) is 4.82. The second kappa shape index (κ2) is 6.71. The summed E-state index contributed by atoms with van der Waals surface area (Å²) < 4.78 is 0. The second-order valence-corrected chi connectivity index (χ2v) is 6.34. The standard InChI is InChI=1S/C15H29N3O/c1-13(16)14(19)17-12-15(8-4-2-5-9-15)18-10-6-3-7-11-18/h13H,2-12,16H2,1H3,(H,17,19)/t13-/m0/s1. The molecule has 0 aromatic rings. The van der Waals surface area contributed by atoms with Crippen LogP contribution in [0.1, 0.15) is 58.3 Å². The summed E-state index contributed by atoms with van der Waals surface area (Å²) in [7, 11) is 0. The van der Waals surface area contributed by atoms with E-state index in [4.69, 9.17) is 5.73 Å². The molecule has 2 rings (SSSR count). The second-order valence-electron chi connectivity index (χ2n) is 6.34. The Balaban J connectivity index is 1.99. The molecule has 1 aliphatic carbocycles. The molecule has 19 heavy (non-hydrogen) atoms. The fourth-order valence-corrected chi connectivity index (χ4v) is 3.60. The van der Waals surface area contributed by atoms with Crippen molar-refractivity contribution in [3.63, 3.8) is 0 Å². The number of hydrogen-bond acceptors (Lipinski definition) is 3. The van der Waals surface area contributed by atoms with E-state index in [2.05, 4.69) is 10.2 Å². The summed E-state index contributed by atoms with van der Waals surface area (Å²) in [5.41, 5.74) is 5.86. The van der Waals surface area contributed by atoms with Crippen molar-refractivity contribution < 1.29 is 4.79 Å². The summed E-state index contributed by atoms with van der Waals surface area (Å²) in [5.74, 6) is -0.0121. The van der Waals surface area contributed by atoms with E-state index in [1.165, 1.54) is 64.5 Å². The van der Waals surface area contributed by atoms with Gasteiger partial charge in [0.05, 0.1) is 6.04 Å². The highest BCUT2D eigenvalue weighted by Crippen LogP contribution is 2.35. The van der Waals surface area contributed by atoms with Gasteiger partial charge in [-0.2, -0.15) is 0 Å². The average molecular weight is 267 g/mol. The van der Waals surface area contributed by atoms with Gasteiger partial charge in [0.2, 0.25) is 5.91 Å². The zero-order valence-corrected chi connectivity index (χ0v) is 12.3. The predicted octanol–water partition coefficient (Wildman–Crippen LogP) is 1.64. The molecule has 4 heteroatoms. The van der Waals surface area contributed by atoms with Gasteiger partial charge >= 0.3 is 0 Å². The smallest absolute Gasteiger partial charge is 0.236 e. The Morgan fingerprint density at radius 1 is 1.16 bits per heavy atom. The Bertz CT molecular complexity index is 292. The molecule has 1 aliphatic heterocycles. The van der Waals surface area contributed by atoms with Crippen molar-refractivity contribution in [3.05, 3.63) is 0 Å². The molecular formula is C15H29N3O. The SMILES string of the molecule is C[C@H](N)C(=O)NCC1(N2CCCCC2)CCCCC1. The monoisotopic (exact) mass is 267 g/mol. The number of rotatable bonds is 4. The van der Waals surface area contributed by atoms with E-state index < -0.39 is 6.04 Å². The highest BCUT2D eigenvalue weighted by Gasteiger charge is 2.38. The molecular weight excluding hydrogens is 238 g/mol. The van der Waals surface area contributed by atoms with Gasteiger partial charge in [0.15, 0.2) is 0 Å². The van der Waals surface area contributed by atoms with Crippen LogP contribution in [-0.2, 0) is 4.79 Å². The van der Waals surface area contributed by atoms with E-state index in [0.717, 1.165) is 6.54 Å². The summed E-state index contributed by atoms with van der Waals surface area (Å²) in [6.07, 6.45) is 10.4. The molecule has 0 radical (unpaired) electrons. The van der Waals surface area contributed by atoms with Gasteiger partial charge in [0.25, 0.3) is 0 Å². The number of nitrogens with one attached hydrogen (secondary N) is 1. The lowest BCUT2D eigenvalue weighted by molar-refractivity contribution is -0.123. The number of amides is 1. The Kier molecular flexibility index (Phi) is 5.22. The molecule has 1 saturated heterocycles. The van der Waals surface area contributed by atoms with Crippen molar-refractivity contribution >= 4 is 5.91 Å². The molecule has 0 aromatic heterocycles. The first kappa shape index (κ1) is 14.8. The minimum atomic E-state index is -0.401. The fourth-order valence-electron chi connectivity index (χ4n) is 3.60. The number of nitrogens with zero attached hydrogens (tertiary/aromatic N) is 1. The number of carbonyl (C=O) groups is 1. The molecule has 4 nitrogen and oxygen atoms in total. The lowest BCUT2D eigenvalue weighted by atomic mass is 9.79. The minimum Gasteiger partial charge on any atom is -0.353 e. The van der Waals surface area contributed by atoms with Gasteiger partial charge in [0.1, 0.15) is 0 Å². The van der Waals surface area contributed by atoms with E-state index in [1.807, 2.05) is 0 Å². The molecule has 0 spiro atoms. The van der Waals surface area contributed by atoms with E-state index >= 15 is 0 Å². The maximum absolute atomic E-state index is 11.8. The van der Waals surface area contributed by atoms with Crippen LogP contribution in [0.15, 0.2) is 0 Å². The summed E-state index contributed by atoms with van der Waals surface area (Å²) in [6.45, 7) is 4.94. The van der Waals surface area contributed by atoms with Gasteiger partial charge in [-0.3, -0.25) is 9.69 Å². The molecule has 1 saturated carbocycles. The zero-order chi connectivity index (χ0) is 13.7. The summed E-state index contributed by atoms with van der Waals surface area (Å²) in [5, 5.41) is 3.08. The molecule has 2 aliphatic rings. The zero-order valence-electron chi connectivity index (χ0n) is 12.3. The largest absolute Gasteiger partial charge is 0.353 e. The van der Waals surface area contributed by atoms with E-state index in [0.29, 0.717) is 0 Å². The molecule has 1 amide bonds. The maximum atomic E-state index is 11.8. The van der Waals surface area contributed by atoms with Crippen LogP contribution >= 0.6 is 0 Å². The Labute approximate surface area is 117 Å². The average Bonchev–Trinajstić information content (AvgIpc) is 2.46. The number of piperidine rings is 1. The Morgan fingerprint density at radius 2 is 1.74 bits per heavy atom. The highest BCUT2D eigenvalue weighted by atomic mass is 16.2. The van der Waals surface area contributed by atoms with Crippen LogP contribution < -0.4 is 11.1 Å².